The largest absolute Gasteiger partial charge is 0.394 e. The molecule has 3 rings (SSSR count). The molecule has 7 atom stereocenters. The summed E-state index contributed by atoms with van der Waals surface area (Å²) in [6, 6.07) is -1.14. The zero-order valence-electron chi connectivity index (χ0n) is 22.5. The van der Waals surface area contributed by atoms with Gasteiger partial charge in [0.2, 0.25) is 17.7 Å². The summed E-state index contributed by atoms with van der Waals surface area (Å²) in [4.78, 5) is 47.8. The van der Waals surface area contributed by atoms with Crippen molar-refractivity contribution in [3.8, 4) is 0 Å². The number of carbonyl (C=O) groups is 3. The maximum atomic E-state index is 14.3. The predicted molar refractivity (Wildman–Crippen MR) is 145 cm³/mol. The molecule has 8 heteroatoms. The van der Waals surface area contributed by atoms with E-state index in [0.29, 0.717) is 32.6 Å². The molecule has 3 saturated heterocycles. The van der Waals surface area contributed by atoms with E-state index in [2.05, 4.69) is 27.0 Å². The number of thioether (sulfide) groups is 1. The van der Waals surface area contributed by atoms with Crippen LogP contribution in [0, 0.1) is 17.8 Å². The Morgan fingerprint density at radius 3 is 2.31 bits per heavy atom. The monoisotopic (exact) mass is 519 g/mol. The van der Waals surface area contributed by atoms with Crippen LogP contribution in [-0.4, -0.2) is 92.4 Å². The summed E-state index contributed by atoms with van der Waals surface area (Å²) in [5, 5.41) is 10.3. The molecule has 7 nitrogen and oxygen atoms in total. The molecule has 202 valence electrons. The predicted octanol–water partition coefficient (Wildman–Crippen LogP) is 3.33. The lowest BCUT2D eigenvalue weighted by molar-refractivity contribution is -0.147. The molecule has 0 aliphatic carbocycles. The normalized spacial score (nSPS) is 31.3. The van der Waals surface area contributed by atoms with Gasteiger partial charge in [-0.25, -0.2) is 0 Å². The highest BCUT2D eigenvalue weighted by molar-refractivity contribution is 8.02. The van der Waals surface area contributed by atoms with E-state index in [1.54, 1.807) is 28.8 Å². The Hall–Kier alpha value is -1.80. The molecule has 0 saturated carbocycles. The average molecular weight is 520 g/mol. The van der Waals surface area contributed by atoms with Crippen LogP contribution in [0.3, 0.4) is 0 Å². The van der Waals surface area contributed by atoms with Gasteiger partial charge >= 0.3 is 0 Å². The van der Waals surface area contributed by atoms with E-state index >= 15 is 0 Å². The second-order valence-corrected chi connectivity index (χ2v) is 12.1. The zero-order chi connectivity index (χ0) is 26.6. The van der Waals surface area contributed by atoms with Crippen molar-refractivity contribution in [2.75, 3.05) is 32.8 Å². The standard InChI is InChI=1S/C28H45N3O4S/c1-7-12-16-30(15-10-4)27(35)24-28-19(6)17-21(36-28)22(25(33)29(13-8-2)14-9-3)23(28)26(34)31(24)20(11-5)18-32/h8,10,19-24,32H,2,4,7,9,11-18H2,1,3,5-6H3/t19?,20-,21-,22+,23-,24?,28?/m0/s1. The molecule has 3 fully saturated rings. The molecule has 0 aromatic rings. The number of carbonyl (C=O) groups excluding carboxylic acids is 3. The van der Waals surface area contributed by atoms with Gasteiger partial charge in [-0.15, -0.1) is 24.9 Å². The summed E-state index contributed by atoms with van der Waals surface area (Å²) < 4.78 is -0.667. The summed E-state index contributed by atoms with van der Waals surface area (Å²) >= 11 is 1.70. The molecule has 3 amide bonds. The highest BCUT2D eigenvalue weighted by atomic mass is 32.2. The number of unbranched alkanes of at least 4 members (excludes halogenated alkanes) is 1. The Kier molecular flexibility index (Phi) is 9.72. The summed E-state index contributed by atoms with van der Waals surface area (Å²) in [6.07, 6.45) is 7.48. The smallest absolute Gasteiger partial charge is 0.247 e. The molecule has 0 radical (unpaired) electrons. The second-order valence-electron chi connectivity index (χ2n) is 10.5. The van der Waals surface area contributed by atoms with E-state index in [-0.39, 0.29) is 35.5 Å². The Balaban J connectivity index is 2.10. The third-order valence-corrected chi connectivity index (χ3v) is 10.5. The van der Waals surface area contributed by atoms with Gasteiger partial charge in [0.1, 0.15) is 6.04 Å². The van der Waals surface area contributed by atoms with Crippen LogP contribution in [0.5, 0.6) is 0 Å². The van der Waals surface area contributed by atoms with Crippen molar-refractivity contribution in [2.45, 2.75) is 81.9 Å². The Bertz CT molecular complexity index is 847. The maximum Gasteiger partial charge on any atom is 0.247 e. The van der Waals surface area contributed by atoms with Crippen molar-refractivity contribution in [3.63, 3.8) is 0 Å². The van der Waals surface area contributed by atoms with Gasteiger partial charge in [0.05, 0.1) is 29.2 Å². The fourth-order valence-corrected chi connectivity index (χ4v) is 9.12. The Labute approximate surface area is 221 Å². The van der Waals surface area contributed by atoms with E-state index in [9.17, 15) is 19.5 Å². The molecule has 1 spiro atoms. The summed E-state index contributed by atoms with van der Waals surface area (Å²) in [5.41, 5.74) is 0. The maximum absolute atomic E-state index is 14.3. The van der Waals surface area contributed by atoms with Gasteiger partial charge in [-0.3, -0.25) is 14.4 Å². The Morgan fingerprint density at radius 2 is 1.78 bits per heavy atom. The molecular weight excluding hydrogens is 474 g/mol. The molecular formula is C28H45N3O4S. The average Bonchev–Trinajstić information content (AvgIpc) is 3.46. The fraction of sp³-hybridized carbons (Fsp3) is 0.750. The highest BCUT2D eigenvalue weighted by Crippen LogP contribution is 2.69. The lowest BCUT2D eigenvalue weighted by Gasteiger charge is -2.42. The number of hydrogen-bond donors (Lipinski definition) is 1. The molecule has 1 N–H and O–H groups in total. The van der Waals surface area contributed by atoms with Gasteiger partial charge < -0.3 is 19.8 Å². The lowest BCUT2D eigenvalue weighted by atomic mass is 9.65. The zero-order valence-corrected chi connectivity index (χ0v) is 23.3. The van der Waals surface area contributed by atoms with E-state index in [1.807, 2.05) is 23.6 Å². The van der Waals surface area contributed by atoms with E-state index in [4.69, 9.17) is 0 Å². The molecule has 0 aromatic heterocycles. The molecule has 3 aliphatic heterocycles. The minimum atomic E-state index is -0.689. The van der Waals surface area contributed by atoms with Crippen LogP contribution in [0.25, 0.3) is 0 Å². The number of likely N-dealkylation sites (tertiary alicyclic amines) is 1. The first kappa shape index (κ1) is 28.8. The van der Waals surface area contributed by atoms with Crippen molar-refractivity contribution < 1.29 is 19.5 Å². The van der Waals surface area contributed by atoms with Gasteiger partial charge in [0, 0.05) is 31.4 Å². The molecule has 3 heterocycles. The van der Waals surface area contributed by atoms with Crippen LogP contribution in [-0.2, 0) is 14.4 Å². The number of aliphatic hydroxyl groups excluding tert-OH is 1. The molecule has 0 aromatic carbocycles. The topological polar surface area (TPSA) is 81.2 Å². The first-order valence-electron chi connectivity index (χ1n) is 13.7. The summed E-state index contributed by atoms with van der Waals surface area (Å²) in [6.45, 7) is 17.8. The van der Waals surface area contributed by atoms with Gasteiger partial charge in [-0.05, 0) is 31.6 Å². The van der Waals surface area contributed by atoms with Gasteiger partial charge in [0.25, 0.3) is 0 Å². The van der Waals surface area contributed by atoms with Crippen LogP contribution in [0.15, 0.2) is 25.3 Å². The quantitative estimate of drug-likeness (QED) is 0.356. The number of nitrogens with zero attached hydrogens (tertiary/aromatic N) is 3. The van der Waals surface area contributed by atoms with Crippen molar-refractivity contribution in [2.24, 2.45) is 17.8 Å². The van der Waals surface area contributed by atoms with Crippen LogP contribution in [0.1, 0.15) is 59.8 Å². The van der Waals surface area contributed by atoms with Crippen molar-refractivity contribution >= 4 is 29.5 Å². The van der Waals surface area contributed by atoms with Gasteiger partial charge in [-0.1, -0.05) is 46.3 Å². The first-order valence-corrected chi connectivity index (χ1v) is 14.6. The second kappa shape index (κ2) is 12.2. The van der Waals surface area contributed by atoms with E-state index < -0.39 is 28.7 Å². The number of hydrogen-bond acceptors (Lipinski definition) is 5. The first-order chi connectivity index (χ1) is 17.3. The summed E-state index contributed by atoms with van der Waals surface area (Å²) in [5.74, 6) is -1.12. The van der Waals surface area contributed by atoms with Crippen LogP contribution >= 0.6 is 11.8 Å². The minimum absolute atomic E-state index is 0.000372. The number of aliphatic hydroxyl groups is 1. The van der Waals surface area contributed by atoms with E-state index in [0.717, 1.165) is 25.7 Å². The molecule has 36 heavy (non-hydrogen) atoms. The van der Waals surface area contributed by atoms with Crippen molar-refractivity contribution in [1.82, 2.24) is 14.7 Å². The SMILES string of the molecule is C=CCN(CCCC)C(=O)C1N([C@@H](CC)CO)C(=O)[C@@H]2[C@H](C(=O)N(CC=C)CCC)[C@@H]3CC(C)C12S3. The van der Waals surface area contributed by atoms with Crippen molar-refractivity contribution in [3.05, 3.63) is 25.3 Å². The summed E-state index contributed by atoms with van der Waals surface area (Å²) in [7, 11) is 0. The number of fused-ring (bicyclic) bond motifs is 1. The molecule has 3 aliphatic rings. The number of amides is 3. The van der Waals surface area contributed by atoms with Gasteiger partial charge in [-0.2, -0.15) is 0 Å². The fourth-order valence-electron chi connectivity index (χ4n) is 6.73. The van der Waals surface area contributed by atoms with Crippen LogP contribution in [0.2, 0.25) is 0 Å². The van der Waals surface area contributed by atoms with Crippen molar-refractivity contribution in [1.29, 1.82) is 0 Å². The minimum Gasteiger partial charge on any atom is -0.394 e. The third kappa shape index (κ3) is 4.64. The van der Waals surface area contributed by atoms with Crippen LogP contribution < -0.4 is 0 Å². The third-order valence-electron chi connectivity index (χ3n) is 8.38. The molecule has 3 unspecified atom stereocenters. The van der Waals surface area contributed by atoms with E-state index in [1.165, 1.54) is 0 Å². The van der Waals surface area contributed by atoms with Crippen LogP contribution in [0.4, 0.5) is 0 Å². The van der Waals surface area contributed by atoms with Gasteiger partial charge in [0.15, 0.2) is 0 Å². The Morgan fingerprint density at radius 1 is 1.14 bits per heavy atom. The number of rotatable bonds is 14. The molecule has 2 bridgehead atoms. The highest BCUT2D eigenvalue weighted by Gasteiger charge is 2.76. The lowest BCUT2D eigenvalue weighted by Crippen LogP contribution is -2.59.